The van der Waals surface area contributed by atoms with Crippen molar-refractivity contribution < 1.29 is 4.79 Å². The maximum absolute atomic E-state index is 11.6. The van der Waals surface area contributed by atoms with E-state index in [2.05, 4.69) is 27.8 Å². The van der Waals surface area contributed by atoms with Gasteiger partial charge >= 0.3 is 0 Å². The van der Waals surface area contributed by atoms with Gasteiger partial charge in [0, 0.05) is 13.1 Å². The highest BCUT2D eigenvalue weighted by molar-refractivity contribution is 5.92. The van der Waals surface area contributed by atoms with Gasteiger partial charge in [0.05, 0.1) is 5.54 Å². The average Bonchev–Trinajstić information content (AvgIpc) is 3.24. The number of anilines is 1. The fourth-order valence-electron chi connectivity index (χ4n) is 2.10. The Morgan fingerprint density at radius 1 is 1.47 bits per heavy atom. The number of carbonyl (C=O) groups is 1. The lowest BCUT2D eigenvalue weighted by Gasteiger charge is -2.29. The summed E-state index contributed by atoms with van der Waals surface area (Å²) in [6.07, 6.45) is 2.40. The number of aromatic nitrogens is 2. The van der Waals surface area contributed by atoms with Gasteiger partial charge in [0.15, 0.2) is 5.69 Å². The van der Waals surface area contributed by atoms with Crippen LogP contribution in [0.3, 0.4) is 0 Å². The molecule has 0 spiro atoms. The minimum absolute atomic E-state index is 0.137. The Bertz CT molecular complexity index is 443. The van der Waals surface area contributed by atoms with Crippen LogP contribution in [0.1, 0.15) is 37.2 Å². The molecule has 0 saturated heterocycles. The minimum Gasteiger partial charge on any atom is -0.362 e. The number of nitrogens with two attached hydrogens (primary N) is 1. The molecule has 0 aliphatic heterocycles. The Morgan fingerprint density at radius 3 is 2.68 bits per heavy atom. The number of rotatable bonds is 6. The lowest BCUT2D eigenvalue weighted by atomic mass is 9.96. The number of nitrogens with zero attached hydrogens (tertiary/aromatic N) is 2. The fraction of sp³-hybridized carbons (Fsp3) is 0.615. The highest BCUT2D eigenvalue weighted by atomic mass is 16.1. The number of amides is 1. The lowest BCUT2D eigenvalue weighted by Crippen LogP contribution is -2.45. The van der Waals surface area contributed by atoms with Crippen molar-refractivity contribution >= 4 is 11.7 Å². The maximum atomic E-state index is 11.6. The van der Waals surface area contributed by atoms with Crippen molar-refractivity contribution in [2.45, 2.75) is 32.2 Å². The minimum atomic E-state index is -0.203. The third-order valence-corrected chi connectivity index (χ3v) is 3.55. The molecule has 1 heterocycles. The van der Waals surface area contributed by atoms with Crippen LogP contribution in [0.5, 0.6) is 0 Å². The molecule has 6 heteroatoms. The SMILES string of the molecule is CCNC(=O)c1ccc(NC(C)(CN)C2CC2)nn1. The second-order valence-electron chi connectivity index (χ2n) is 5.18. The third kappa shape index (κ3) is 3.20. The van der Waals surface area contributed by atoms with Crippen molar-refractivity contribution in [3.63, 3.8) is 0 Å². The second kappa shape index (κ2) is 5.52. The van der Waals surface area contributed by atoms with Gasteiger partial charge in [0.25, 0.3) is 5.91 Å². The Morgan fingerprint density at radius 2 is 2.21 bits per heavy atom. The Labute approximate surface area is 113 Å². The van der Waals surface area contributed by atoms with Crippen molar-refractivity contribution in [2.24, 2.45) is 11.7 Å². The van der Waals surface area contributed by atoms with E-state index in [1.54, 1.807) is 12.1 Å². The van der Waals surface area contributed by atoms with Gasteiger partial charge in [-0.1, -0.05) is 0 Å². The second-order valence-corrected chi connectivity index (χ2v) is 5.18. The van der Waals surface area contributed by atoms with E-state index in [1.165, 1.54) is 12.8 Å². The van der Waals surface area contributed by atoms with Gasteiger partial charge < -0.3 is 16.4 Å². The van der Waals surface area contributed by atoms with Crippen molar-refractivity contribution in [1.82, 2.24) is 15.5 Å². The fourth-order valence-corrected chi connectivity index (χ4v) is 2.10. The number of nitrogens with one attached hydrogen (secondary N) is 2. The van der Waals surface area contributed by atoms with Gasteiger partial charge in [0.2, 0.25) is 0 Å². The average molecular weight is 263 g/mol. The normalized spacial score (nSPS) is 17.6. The molecular formula is C13H21N5O. The molecule has 0 bridgehead atoms. The van der Waals surface area contributed by atoms with E-state index in [1.807, 2.05) is 6.92 Å². The van der Waals surface area contributed by atoms with Gasteiger partial charge in [0.1, 0.15) is 5.82 Å². The first-order valence-corrected chi connectivity index (χ1v) is 6.69. The summed E-state index contributed by atoms with van der Waals surface area (Å²) in [4.78, 5) is 11.6. The van der Waals surface area contributed by atoms with Crippen LogP contribution >= 0.6 is 0 Å². The van der Waals surface area contributed by atoms with Crippen molar-refractivity contribution in [3.05, 3.63) is 17.8 Å². The summed E-state index contributed by atoms with van der Waals surface area (Å²) in [6, 6.07) is 3.44. The van der Waals surface area contributed by atoms with Gasteiger partial charge in [-0.3, -0.25) is 4.79 Å². The Hall–Kier alpha value is -1.69. The van der Waals surface area contributed by atoms with Crippen LogP contribution in [0.4, 0.5) is 5.82 Å². The first-order valence-electron chi connectivity index (χ1n) is 6.69. The van der Waals surface area contributed by atoms with E-state index in [0.717, 1.165) is 0 Å². The number of hydrogen-bond acceptors (Lipinski definition) is 5. The molecule has 1 aromatic heterocycles. The summed E-state index contributed by atoms with van der Waals surface area (Å²) in [5.74, 6) is 1.06. The third-order valence-electron chi connectivity index (χ3n) is 3.55. The molecule has 1 saturated carbocycles. The molecule has 2 rings (SSSR count). The van der Waals surface area contributed by atoms with Crippen LogP contribution in [0, 0.1) is 5.92 Å². The molecule has 19 heavy (non-hydrogen) atoms. The van der Waals surface area contributed by atoms with Crippen molar-refractivity contribution in [3.8, 4) is 0 Å². The molecule has 1 aliphatic carbocycles. The molecule has 4 N–H and O–H groups in total. The number of hydrogen-bond donors (Lipinski definition) is 3. The predicted molar refractivity (Wildman–Crippen MR) is 73.8 cm³/mol. The van der Waals surface area contributed by atoms with Gasteiger partial charge in [-0.15, -0.1) is 10.2 Å². The van der Waals surface area contributed by atoms with Crippen LogP contribution in [-0.4, -0.2) is 34.7 Å². The molecule has 1 unspecified atom stereocenters. The van der Waals surface area contributed by atoms with E-state index in [4.69, 9.17) is 5.73 Å². The first-order chi connectivity index (χ1) is 9.09. The zero-order valence-electron chi connectivity index (χ0n) is 11.4. The Balaban J connectivity index is 2.04. The van der Waals surface area contributed by atoms with Gasteiger partial charge in [-0.25, -0.2) is 0 Å². The van der Waals surface area contributed by atoms with Crippen LogP contribution in [0.2, 0.25) is 0 Å². The number of carbonyl (C=O) groups excluding carboxylic acids is 1. The van der Waals surface area contributed by atoms with E-state index in [9.17, 15) is 4.79 Å². The highest BCUT2D eigenvalue weighted by Crippen LogP contribution is 2.40. The van der Waals surface area contributed by atoms with Gasteiger partial charge in [-0.05, 0) is 44.7 Å². The molecule has 104 valence electrons. The molecule has 6 nitrogen and oxygen atoms in total. The summed E-state index contributed by atoms with van der Waals surface area (Å²) in [6.45, 7) is 5.10. The lowest BCUT2D eigenvalue weighted by molar-refractivity contribution is 0.0950. The standard InChI is InChI=1S/C13H21N5O/c1-3-15-12(19)10-6-7-11(18-17-10)16-13(2,8-14)9-4-5-9/h6-7,9H,3-5,8,14H2,1-2H3,(H,15,19)(H,16,18). The van der Waals surface area contributed by atoms with Crippen LogP contribution in [-0.2, 0) is 0 Å². The largest absolute Gasteiger partial charge is 0.362 e. The summed E-state index contributed by atoms with van der Waals surface area (Å²) in [7, 11) is 0. The predicted octanol–water partition coefficient (Wildman–Crippen LogP) is 0.766. The summed E-state index contributed by atoms with van der Waals surface area (Å²) >= 11 is 0. The molecule has 1 amide bonds. The van der Waals surface area contributed by atoms with E-state index in [0.29, 0.717) is 30.5 Å². The zero-order valence-corrected chi connectivity index (χ0v) is 11.4. The smallest absolute Gasteiger partial charge is 0.271 e. The van der Waals surface area contributed by atoms with Crippen LogP contribution < -0.4 is 16.4 Å². The molecule has 1 aliphatic rings. The topological polar surface area (TPSA) is 92.9 Å². The van der Waals surface area contributed by atoms with E-state index < -0.39 is 0 Å². The van der Waals surface area contributed by atoms with Crippen molar-refractivity contribution in [1.29, 1.82) is 0 Å². The van der Waals surface area contributed by atoms with Gasteiger partial charge in [-0.2, -0.15) is 0 Å². The van der Waals surface area contributed by atoms with Crippen LogP contribution in [0.25, 0.3) is 0 Å². The quantitative estimate of drug-likeness (QED) is 0.705. The van der Waals surface area contributed by atoms with Crippen LogP contribution in [0.15, 0.2) is 12.1 Å². The summed E-state index contributed by atoms with van der Waals surface area (Å²) in [5, 5.41) is 14.0. The summed E-state index contributed by atoms with van der Waals surface area (Å²) < 4.78 is 0. The monoisotopic (exact) mass is 263 g/mol. The Kier molecular flexibility index (Phi) is 3.99. The van der Waals surface area contributed by atoms with Crippen molar-refractivity contribution in [2.75, 3.05) is 18.4 Å². The molecule has 0 aromatic carbocycles. The summed E-state index contributed by atoms with van der Waals surface area (Å²) in [5.41, 5.74) is 6.03. The zero-order chi connectivity index (χ0) is 13.9. The van der Waals surface area contributed by atoms with E-state index in [-0.39, 0.29) is 11.4 Å². The molecule has 1 aromatic rings. The first kappa shape index (κ1) is 13.7. The highest BCUT2D eigenvalue weighted by Gasteiger charge is 2.40. The molecule has 0 radical (unpaired) electrons. The molecule has 1 atom stereocenters. The van der Waals surface area contributed by atoms with E-state index >= 15 is 0 Å². The molecular weight excluding hydrogens is 242 g/mol. The maximum Gasteiger partial charge on any atom is 0.271 e. The molecule has 1 fully saturated rings.